The fourth-order valence-electron chi connectivity index (χ4n) is 1.95. The van der Waals surface area contributed by atoms with Crippen molar-refractivity contribution in [2.24, 2.45) is 0 Å². The molecule has 0 aliphatic carbocycles. The quantitative estimate of drug-likeness (QED) is 0.363. The molecule has 8 nitrogen and oxygen atoms in total. The van der Waals surface area contributed by atoms with Gasteiger partial charge in [0.25, 0.3) is 0 Å². The van der Waals surface area contributed by atoms with Crippen LogP contribution in [0.4, 0.5) is 0 Å². The van der Waals surface area contributed by atoms with Crippen LogP contribution < -0.4 is 10.6 Å². The van der Waals surface area contributed by atoms with E-state index in [2.05, 4.69) is 10.6 Å². The van der Waals surface area contributed by atoms with Crippen LogP contribution in [0, 0.1) is 0 Å². The molecule has 20 heavy (non-hydrogen) atoms. The van der Waals surface area contributed by atoms with Gasteiger partial charge in [-0.1, -0.05) is 0 Å². The first kappa shape index (κ1) is 17.1. The molecule has 0 aromatic carbocycles. The van der Waals surface area contributed by atoms with Gasteiger partial charge in [0.15, 0.2) is 6.23 Å². The SMILES string of the molecule is CC(=O)N[C@@H]1[C@@H](O)[C@H](O)[C@@H](CO)O[C@H]1NC(=O)CCCl. The van der Waals surface area contributed by atoms with E-state index in [1.54, 1.807) is 0 Å². The summed E-state index contributed by atoms with van der Waals surface area (Å²) in [5.74, 6) is -0.776. The topological polar surface area (TPSA) is 128 Å². The molecule has 2 amide bonds. The van der Waals surface area contributed by atoms with E-state index < -0.39 is 49.0 Å². The molecular weight excluding hydrogens is 292 g/mol. The molecule has 0 bridgehead atoms. The Morgan fingerprint density at radius 2 is 1.90 bits per heavy atom. The van der Waals surface area contributed by atoms with Crippen molar-refractivity contribution in [1.82, 2.24) is 10.6 Å². The molecule has 0 aromatic heterocycles. The van der Waals surface area contributed by atoms with E-state index in [-0.39, 0.29) is 12.3 Å². The maximum absolute atomic E-state index is 11.5. The lowest BCUT2D eigenvalue weighted by Gasteiger charge is -2.42. The van der Waals surface area contributed by atoms with Gasteiger partial charge in [0.1, 0.15) is 24.4 Å². The van der Waals surface area contributed by atoms with Gasteiger partial charge in [0, 0.05) is 19.2 Å². The van der Waals surface area contributed by atoms with Crippen molar-refractivity contribution in [3.8, 4) is 0 Å². The molecule has 1 rings (SSSR count). The van der Waals surface area contributed by atoms with Crippen molar-refractivity contribution in [2.75, 3.05) is 12.5 Å². The zero-order valence-corrected chi connectivity index (χ0v) is 11.7. The van der Waals surface area contributed by atoms with Crippen LogP contribution in [0.2, 0.25) is 0 Å². The molecule has 116 valence electrons. The molecule has 0 radical (unpaired) electrons. The number of rotatable bonds is 5. The predicted octanol–water partition coefficient (Wildman–Crippen LogP) is -2.32. The molecule has 9 heteroatoms. The van der Waals surface area contributed by atoms with Crippen LogP contribution in [0.25, 0.3) is 0 Å². The number of carbonyl (C=O) groups is 2. The molecule has 1 aliphatic heterocycles. The Bertz CT molecular complexity index is 356. The molecule has 0 unspecified atom stereocenters. The van der Waals surface area contributed by atoms with Crippen molar-refractivity contribution < 1.29 is 29.6 Å². The lowest BCUT2D eigenvalue weighted by atomic mass is 9.96. The largest absolute Gasteiger partial charge is 0.394 e. The predicted molar refractivity (Wildman–Crippen MR) is 68.8 cm³/mol. The minimum Gasteiger partial charge on any atom is -0.394 e. The van der Waals surface area contributed by atoms with Crippen molar-refractivity contribution in [3.05, 3.63) is 0 Å². The second kappa shape index (κ2) is 7.75. The van der Waals surface area contributed by atoms with Crippen LogP contribution in [0.5, 0.6) is 0 Å². The summed E-state index contributed by atoms with van der Waals surface area (Å²) in [6.45, 7) is 0.696. The maximum Gasteiger partial charge on any atom is 0.223 e. The molecule has 0 spiro atoms. The van der Waals surface area contributed by atoms with E-state index in [0.29, 0.717) is 0 Å². The van der Waals surface area contributed by atoms with Crippen LogP contribution in [0.15, 0.2) is 0 Å². The van der Waals surface area contributed by atoms with Gasteiger partial charge in [0.2, 0.25) is 11.8 Å². The number of carbonyl (C=O) groups excluding carboxylic acids is 2. The molecule has 1 aliphatic rings. The fourth-order valence-corrected chi connectivity index (χ4v) is 2.12. The highest BCUT2D eigenvalue weighted by atomic mass is 35.5. The van der Waals surface area contributed by atoms with Crippen molar-refractivity contribution >= 4 is 23.4 Å². The lowest BCUT2D eigenvalue weighted by Crippen LogP contribution is -2.68. The van der Waals surface area contributed by atoms with E-state index >= 15 is 0 Å². The smallest absolute Gasteiger partial charge is 0.223 e. The third-order valence-corrected chi connectivity index (χ3v) is 3.11. The highest BCUT2D eigenvalue weighted by Crippen LogP contribution is 2.20. The van der Waals surface area contributed by atoms with Gasteiger partial charge in [-0.3, -0.25) is 9.59 Å². The lowest BCUT2D eigenvalue weighted by molar-refractivity contribution is -0.203. The summed E-state index contributed by atoms with van der Waals surface area (Å²) in [4.78, 5) is 22.7. The van der Waals surface area contributed by atoms with E-state index in [9.17, 15) is 19.8 Å². The zero-order chi connectivity index (χ0) is 15.3. The first-order valence-electron chi connectivity index (χ1n) is 6.15. The number of amides is 2. The van der Waals surface area contributed by atoms with E-state index in [0.717, 1.165) is 0 Å². The minimum absolute atomic E-state index is 0.0383. The minimum atomic E-state index is -1.38. The fraction of sp³-hybridized carbons (Fsp3) is 0.818. The second-order valence-corrected chi connectivity index (χ2v) is 4.87. The Hall–Kier alpha value is -0.930. The molecule has 1 saturated heterocycles. The first-order valence-corrected chi connectivity index (χ1v) is 6.69. The number of alkyl halides is 1. The number of aliphatic hydroxyl groups excluding tert-OH is 3. The first-order chi connectivity index (χ1) is 9.40. The third-order valence-electron chi connectivity index (χ3n) is 2.92. The molecule has 0 aromatic rings. The molecular formula is C11H19ClN2O6. The highest BCUT2D eigenvalue weighted by molar-refractivity contribution is 6.18. The molecule has 0 saturated carbocycles. The van der Waals surface area contributed by atoms with Crippen LogP contribution >= 0.6 is 11.6 Å². The average Bonchev–Trinajstić information content (AvgIpc) is 2.38. The van der Waals surface area contributed by atoms with Gasteiger partial charge in [-0.25, -0.2) is 0 Å². The van der Waals surface area contributed by atoms with E-state index in [4.69, 9.17) is 21.4 Å². The van der Waals surface area contributed by atoms with Gasteiger partial charge in [0.05, 0.1) is 6.61 Å². The Balaban J connectivity index is 2.83. The van der Waals surface area contributed by atoms with Crippen LogP contribution in [-0.4, -0.2) is 70.2 Å². The summed E-state index contributed by atoms with van der Waals surface area (Å²) in [6.07, 6.45) is -4.85. The Morgan fingerprint density at radius 1 is 1.25 bits per heavy atom. The molecule has 1 fully saturated rings. The maximum atomic E-state index is 11.5. The van der Waals surface area contributed by atoms with Gasteiger partial charge >= 0.3 is 0 Å². The zero-order valence-electron chi connectivity index (χ0n) is 11.0. The van der Waals surface area contributed by atoms with Gasteiger partial charge in [-0.15, -0.1) is 11.6 Å². The van der Waals surface area contributed by atoms with Crippen molar-refractivity contribution in [2.45, 2.75) is 43.9 Å². The Kier molecular flexibility index (Phi) is 6.63. The Labute approximate surface area is 121 Å². The van der Waals surface area contributed by atoms with Crippen LogP contribution in [0.3, 0.4) is 0 Å². The van der Waals surface area contributed by atoms with Crippen molar-refractivity contribution in [1.29, 1.82) is 0 Å². The normalized spacial score (nSPS) is 33.5. The summed E-state index contributed by atoms with van der Waals surface area (Å²) in [5, 5.41) is 33.7. The highest BCUT2D eigenvalue weighted by Gasteiger charge is 2.45. The van der Waals surface area contributed by atoms with E-state index in [1.165, 1.54) is 6.92 Å². The Morgan fingerprint density at radius 3 is 2.40 bits per heavy atom. The monoisotopic (exact) mass is 310 g/mol. The third kappa shape index (κ3) is 4.29. The number of hydrogen-bond acceptors (Lipinski definition) is 6. The van der Waals surface area contributed by atoms with Crippen LogP contribution in [0.1, 0.15) is 13.3 Å². The molecule has 1 heterocycles. The molecule has 5 atom stereocenters. The number of aliphatic hydroxyl groups is 3. The summed E-state index contributed by atoms with van der Waals surface area (Å²) in [5.41, 5.74) is 0. The van der Waals surface area contributed by atoms with Gasteiger partial charge in [-0.2, -0.15) is 0 Å². The van der Waals surface area contributed by atoms with Gasteiger partial charge < -0.3 is 30.7 Å². The van der Waals surface area contributed by atoms with Crippen LogP contribution in [-0.2, 0) is 14.3 Å². The number of nitrogens with one attached hydrogen (secondary N) is 2. The summed E-state index contributed by atoms with van der Waals surface area (Å²) in [7, 11) is 0. The number of ether oxygens (including phenoxy) is 1. The standard InChI is InChI=1S/C11H19ClN2O6/c1-5(16)13-8-10(19)9(18)6(4-15)20-11(8)14-7(17)2-3-12/h6,8-11,15,18-19H,2-4H2,1H3,(H,13,16)(H,14,17)/t6-,8-,9-,10-,11-/m1/s1. The molecule has 5 N–H and O–H groups in total. The van der Waals surface area contributed by atoms with Gasteiger partial charge in [-0.05, 0) is 0 Å². The second-order valence-electron chi connectivity index (χ2n) is 4.49. The van der Waals surface area contributed by atoms with E-state index in [1.807, 2.05) is 0 Å². The number of halogens is 1. The number of hydrogen-bond donors (Lipinski definition) is 5. The summed E-state index contributed by atoms with van der Waals surface area (Å²) in [6, 6.07) is -1.02. The summed E-state index contributed by atoms with van der Waals surface area (Å²) < 4.78 is 5.30. The van der Waals surface area contributed by atoms with Crippen molar-refractivity contribution in [3.63, 3.8) is 0 Å². The average molecular weight is 311 g/mol. The summed E-state index contributed by atoms with van der Waals surface area (Å²) >= 11 is 5.44.